The highest BCUT2D eigenvalue weighted by molar-refractivity contribution is 7.99. The van der Waals surface area contributed by atoms with Crippen LogP contribution in [0.4, 0.5) is 0 Å². The Morgan fingerprint density at radius 2 is 2.33 bits per heavy atom. The van der Waals surface area contributed by atoms with Crippen LogP contribution in [0.2, 0.25) is 0 Å². The molecule has 0 spiro atoms. The second-order valence-electron chi connectivity index (χ2n) is 4.82. The lowest BCUT2D eigenvalue weighted by Gasteiger charge is -2.29. The quantitative estimate of drug-likeness (QED) is 0.910. The molecule has 2 unspecified atom stereocenters. The van der Waals surface area contributed by atoms with E-state index in [1.807, 2.05) is 23.9 Å². The van der Waals surface area contributed by atoms with Crippen molar-refractivity contribution >= 4 is 11.8 Å². The molecule has 1 aromatic rings. The average Bonchev–Trinajstić information content (AvgIpc) is 2.91. The highest BCUT2D eigenvalue weighted by atomic mass is 32.2. The normalized spacial score (nSPS) is 26.5. The molecule has 1 saturated heterocycles. The van der Waals surface area contributed by atoms with Crippen LogP contribution >= 0.6 is 11.8 Å². The van der Waals surface area contributed by atoms with Crippen molar-refractivity contribution in [1.82, 2.24) is 5.32 Å². The van der Waals surface area contributed by atoms with Crippen LogP contribution in [-0.2, 0) is 0 Å². The van der Waals surface area contributed by atoms with Gasteiger partial charge >= 0.3 is 0 Å². The molecule has 98 valence electrons. The van der Waals surface area contributed by atoms with Gasteiger partial charge < -0.3 is 14.8 Å². The van der Waals surface area contributed by atoms with E-state index >= 15 is 0 Å². The summed E-state index contributed by atoms with van der Waals surface area (Å²) in [4.78, 5) is 0. The van der Waals surface area contributed by atoms with Crippen LogP contribution in [0.3, 0.4) is 0 Å². The molecule has 3 rings (SSSR count). The first-order valence-electron chi connectivity index (χ1n) is 6.51. The van der Waals surface area contributed by atoms with E-state index in [0.717, 1.165) is 24.5 Å². The number of benzene rings is 1. The topological polar surface area (TPSA) is 30.5 Å². The van der Waals surface area contributed by atoms with Gasteiger partial charge in [0.2, 0.25) is 0 Å². The maximum absolute atomic E-state index is 5.72. The van der Waals surface area contributed by atoms with Crippen molar-refractivity contribution in [2.24, 2.45) is 0 Å². The maximum Gasteiger partial charge on any atom is 0.124 e. The first kappa shape index (κ1) is 12.2. The van der Waals surface area contributed by atoms with Gasteiger partial charge in [-0.1, -0.05) is 0 Å². The molecule has 2 aliphatic heterocycles. The predicted molar refractivity (Wildman–Crippen MR) is 74.7 cm³/mol. The second-order valence-corrected chi connectivity index (χ2v) is 5.97. The first-order chi connectivity index (χ1) is 8.86. The van der Waals surface area contributed by atoms with Crippen LogP contribution < -0.4 is 14.8 Å². The van der Waals surface area contributed by atoms with Crippen LogP contribution in [0.5, 0.6) is 11.5 Å². The van der Waals surface area contributed by atoms with Gasteiger partial charge in [-0.15, -0.1) is 0 Å². The number of methoxy groups -OCH3 is 1. The van der Waals surface area contributed by atoms with Crippen LogP contribution in [0.1, 0.15) is 24.4 Å². The van der Waals surface area contributed by atoms with Gasteiger partial charge in [-0.2, -0.15) is 11.8 Å². The van der Waals surface area contributed by atoms with Crippen LogP contribution in [-0.4, -0.2) is 31.3 Å². The number of thioether (sulfide) groups is 1. The molecule has 0 aliphatic carbocycles. The van der Waals surface area contributed by atoms with E-state index in [4.69, 9.17) is 9.47 Å². The zero-order valence-electron chi connectivity index (χ0n) is 10.6. The Hall–Kier alpha value is -0.870. The molecule has 1 fully saturated rings. The Labute approximate surface area is 112 Å². The van der Waals surface area contributed by atoms with E-state index in [9.17, 15) is 0 Å². The fourth-order valence-corrected chi connectivity index (χ4v) is 3.79. The minimum atomic E-state index is 0.410. The van der Waals surface area contributed by atoms with Crippen LogP contribution in [0.25, 0.3) is 0 Å². The third-order valence-corrected chi connectivity index (χ3v) is 4.79. The molecule has 3 nitrogen and oxygen atoms in total. The second kappa shape index (κ2) is 5.41. The lowest BCUT2D eigenvalue weighted by Crippen LogP contribution is -2.35. The number of nitrogens with one attached hydrogen (secondary N) is 1. The summed E-state index contributed by atoms with van der Waals surface area (Å²) in [6.45, 7) is 0.802. The summed E-state index contributed by atoms with van der Waals surface area (Å²) in [6.07, 6.45) is 2.32. The zero-order valence-corrected chi connectivity index (χ0v) is 11.5. The van der Waals surface area contributed by atoms with Crippen LogP contribution in [0, 0.1) is 0 Å². The van der Waals surface area contributed by atoms with Crippen molar-refractivity contribution in [2.45, 2.75) is 24.9 Å². The van der Waals surface area contributed by atoms with Crippen molar-refractivity contribution < 1.29 is 9.47 Å². The summed E-state index contributed by atoms with van der Waals surface area (Å²) in [5.41, 5.74) is 1.25. The Morgan fingerprint density at radius 3 is 3.11 bits per heavy atom. The molecule has 0 bridgehead atoms. The number of rotatable bonds is 3. The Morgan fingerprint density at radius 1 is 1.39 bits per heavy atom. The molecule has 4 heteroatoms. The van der Waals surface area contributed by atoms with Crippen molar-refractivity contribution in [2.75, 3.05) is 25.2 Å². The maximum atomic E-state index is 5.72. The van der Waals surface area contributed by atoms with Gasteiger partial charge in [0, 0.05) is 29.8 Å². The molecule has 0 amide bonds. The summed E-state index contributed by atoms with van der Waals surface area (Å²) in [7, 11) is 1.71. The fourth-order valence-electron chi connectivity index (χ4n) is 2.62. The van der Waals surface area contributed by atoms with Crippen molar-refractivity contribution in [3.63, 3.8) is 0 Å². The standard InChI is InChI=1S/C14H19NO2S/c1-16-11-2-3-14-12(8-11)13(4-6-17-14)15-10-5-7-18-9-10/h2-3,8,10,13,15H,4-7,9H2,1H3. The molecule has 1 aromatic carbocycles. The molecular weight excluding hydrogens is 246 g/mol. The van der Waals surface area contributed by atoms with Gasteiger partial charge in [-0.3, -0.25) is 0 Å². The molecule has 0 radical (unpaired) electrons. The van der Waals surface area contributed by atoms with Gasteiger partial charge in [0.1, 0.15) is 11.5 Å². The van der Waals surface area contributed by atoms with E-state index in [0.29, 0.717) is 12.1 Å². The number of ether oxygens (including phenoxy) is 2. The SMILES string of the molecule is COc1ccc2c(c1)C(NC1CCSC1)CCO2. The minimum absolute atomic E-state index is 0.410. The smallest absolute Gasteiger partial charge is 0.124 e. The summed E-state index contributed by atoms with van der Waals surface area (Å²) in [5.74, 6) is 4.43. The minimum Gasteiger partial charge on any atom is -0.497 e. The van der Waals surface area contributed by atoms with Crippen LogP contribution in [0.15, 0.2) is 18.2 Å². The van der Waals surface area contributed by atoms with Gasteiger partial charge in [-0.05, 0) is 30.4 Å². The largest absolute Gasteiger partial charge is 0.497 e. The third kappa shape index (κ3) is 2.45. The number of hydrogen-bond donors (Lipinski definition) is 1. The lowest BCUT2D eigenvalue weighted by molar-refractivity contribution is 0.245. The molecule has 18 heavy (non-hydrogen) atoms. The number of hydrogen-bond acceptors (Lipinski definition) is 4. The average molecular weight is 265 g/mol. The summed E-state index contributed by atoms with van der Waals surface area (Å²) < 4.78 is 11.0. The molecule has 1 N–H and O–H groups in total. The third-order valence-electron chi connectivity index (χ3n) is 3.62. The van der Waals surface area contributed by atoms with Gasteiger partial charge in [0.25, 0.3) is 0 Å². The summed E-state index contributed by atoms with van der Waals surface area (Å²) in [6, 6.07) is 7.15. The van der Waals surface area contributed by atoms with E-state index in [1.165, 1.54) is 23.5 Å². The Balaban J connectivity index is 1.80. The molecule has 2 heterocycles. The first-order valence-corrected chi connectivity index (χ1v) is 7.67. The summed E-state index contributed by atoms with van der Waals surface area (Å²) in [5, 5.41) is 3.77. The lowest BCUT2D eigenvalue weighted by atomic mass is 9.99. The van der Waals surface area contributed by atoms with Crippen molar-refractivity contribution in [3.8, 4) is 11.5 Å². The molecular formula is C14H19NO2S. The Bertz CT molecular complexity index is 418. The highest BCUT2D eigenvalue weighted by Crippen LogP contribution is 2.35. The number of fused-ring (bicyclic) bond motifs is 1. The fraction of sp³-hybridized carbons (Fsp3) is 0.571. The monoisotopic (exact) mass is 265 g/mol. The zero-order chi connectivity index (χ0) is 12.4. The highest BCUT2D eigenvalue weighted by Gasteiger charge is 2.26. The van der Waals surface area contributed by atoms with Gasteiger partial charge in [0.15, 0.2) is 0 Å². The molecule has 0 saturated carbocycles. The predicted octanol–water partition coefficient (Wildman–Crippen LogP) is 2.61. The van der Waals surface area contributed by atoms with Gasteiger partial charge in [0.05, 0.1) is 13.7 Å². The van der Waals surface area contributed by atoms with E-state index in [2.05, 4.69) is 11.4 Å². The van der Waals surface area contributed by atoms with E-state index in [1.54, 1.807) is 7.11 Å². The van der Waals surface area contributed by atoms with Crippen molar-refractivity contribution in [3.05, 3.63) is 23.8 Å². The van der Waals surface area contributed by atoms with E-state index in [-0.39, 0.29) is 0 Å². The summed E-state index contributed by atoms with van der Waals surface area (Å²) >= 11 is 2.04. The van der Waals surface area contributed by atoms with Crippen molar-refractivity contribution in [1.29, 1.82) is 0 Å². The molecule has 2 aliphatic rings. The molecule has 2 atom stereocenters. The Kier molecular flexibility index (Phi) is 3.66. The molecule has 0 aromatic heterocycles. The van der Waals surface area contributed by atoms with E-state index < -0.39 is 0 Å². The van der Waals surface area contributed by atoms with Gasteiger partial charge in [-0.25, -0.2) is 0 Å².